The number of rotatable bonds is 10. The first-order valence-electron chi connectivity index (χ1n) is 7.67. The van der Waals surface area contributed by atoms with Crippen LogP contribution >= 0.6 is 0 Å². The predicted octanol–water partition coefficient (Wildman–Crippen LogP) is 3.38. The lowest BCUT2D eigenvalue weighted by Crippen LogP contribution is -2.52. The van der Waals surface area contributed by atoms with E-state index < -0.39 is 5.54 Å². The maximum Gasteiger partial charge on any atom is 0.237 e. The monoisotopic (exact) mass is 276 g/mol. The summed E-state index contributed by atoms with van der Waals surface area (Å²) in [5.74, 6) is -0.260. The van der Waals surface area contributed by atoms with Gasteiger partial charge < -0.3 is 5.73 Å². The van der Waals surface area contributed by atoms with Crippen molar-refractivity contribution in [2.24, 2.45) is 5.73 Å². The third kappa shape index (κ3) is 5.74. The van der Waals surface area contributed by atoms with Crippen LogP contribution in [-0.4, -0.2) is 11.4 Å². The van der Waals surface area contributed by atoms with E-state index in [1.165, 1.54) is 31.2 Å². The van der Waals surface area contributed by atoms with Gasteiger partial charge in [-0.15, -0.1) is 0 Å². The van der Waals surface area contributed by atoms with Gasteiger partial charge in [0.15, 0.2) is 0 Å². The van der Waals surface area contributed by atoms with Gasteiger partial charge in [0.05, 0.1) is 5.54 Å². The minimum atomic E-state index is -0.609. The molecule has 1 aromatic carbocycles. The number of primary amides is 1. The summed E-state index contributed by atoms with van der Waals surface area (Å²) in [6.45, 7) is 4.79. The lowest BCUT2D eigenvalue weighted by molar-refractivity contribution is -0.124. The van der Waals surface area contributed by atoms with Crippen LogP contribution in [0.3, 0.4) is 0 Å². The highest BCUT2D eigenvalue weighted by Gasteiger charge is 2.29. The van der Waals surface area contributed by atoms with Crippen LogP contribution in [0.1, 0.15) is 57.9 Å². The smallest absolute Gasteiger partial charge is 0.237 e. The van der Waals surface area contributed by atoms with Crippen molar-refractivity contribution in [2.45, 2.75) is 64.5 Å². The molecule has 3 nitrogen and oxygen atoms in total. The molecule has 3 heteroatoms. The second-order valence-electron chi connectivity index (χ2n) is 5.70. The molecule has 1 unspecified atom stereocenters. The number of nitrogens with one attached hydrogen (secondary N) is 1. The Morgan fingerprint density at radius 1 is 1.15 bits per heavy atom. The average Bonchev–Trinajstić information content (AvgIpc) is 2.46. The van der Waals surface area contributed by atoms with E-state index in [4.69, 9.17) is 5.73 Å². The fraction of sp³-hybridized carbons (Fsp3) is 0.588. The Morgan fingerprint density at radius 2 is 1.80 bits per heavy atom. The average molecular weight is 276 g/mol. The van der Waals surface area contributed by atoms with E-state index in [0.29, 0.717) is 6.54 Å². The van der Waals surface area contributed by atoms with Crippen molar-refractivity contribution in [3.8, 4) is 0 Å². The molecular weight excluding hydrogens is 248 g/mol. The summed E-state index contributed by atoms with van der Waals surface area (Å²) >= 11 is 0. The van der Waals surface area contributed by atoms with E-state index >= 15 is 0 Å². The third-order valence-corrected chi connectivity index (χ3v) is 3.85. The molecule has 0 heterocycles. The molecular formula is C17H28N2O. The summed E-state index contributed by atoms with van der Waals surface area (Å²) in [5, 5.41) is 3.33. The Hall–Kier alpha value is -1.35. The molecule has 0 aliphatic carbocycles. The zero-order valence-corrected chi connectivity index (χ0v) is 12.8. The van der Waals surface area contributed by atoms with Crippen LogP contribution in [0.15, 0.2) is 30.3 Å². The number of amides is 1. The van der Waals surface area contributed by atoms with Crippen molar-refractivity contribution in [1.82, 2.24) is 5.32 Å². The first-order valence-corrected chi connectivity index (χ1v) is 7.67. The fourth-order valence-electron chi connectivity index (χ4n) is 2.27. The highest BCUT2D eigenvalue weighted by atomic mass is 16.1. The number of unbranched alkanes of at least 4 members (excludes halogenated alkanes) is 4. The number of hydrogen-bond donors (Lipinski definition) is 2. The van der Waals surface area contributed by atoms with Gasteiger partial charge in [-0.2, -0.15) is 0 Å². The summed E-state index contributed by atoms with van der Waals surface area (Å²) in [7, 11) is 0. The zero-order valence-electron chi connectivity index (χ0n) is 12.8. The molecule has 0 saturated heterocycles. The van der Waals surface area contributed by atoms with Crippen molar-refractivity contribution in [1.29, 1.82) is 0 Å². The largest absolute Gasteiger partial charge is 0.368 e. The van der Waals surface area contributed by atoms with Crippen LogP contribution in [0.5, 0.6) is 0 Å². The lowest BCUT2D eigenvalue weighted by atomic mass is 9.92. The summed E-state index contributed by atoms with van der Waals surface area (Å²) in [4.78, 5) is 11.7. The van der Waals surface area contributed by atoms with Crippen LogP contribution in [0, 0.1) is 0 Å². The minimum Gasteiger partial charge on any atom is -0.368 e. The molecule has 0 spiro atoms. The molecule has 1 atom stereocenters. The quantitative estimate of drug-likeness (QED) is 0.644. The van der Waals surface area contributed by atoms with Crippen LogP contribution in [-0.2, 0) is 11.3 Å². The first kappa shape index (κ1) is 16.7. The lowest BCUT2D eigenvalue weighted by Gasteiger charge is -2.27. The second kappa shape index (κ2) is 8.75. The van der Waals surface area contributed by atoms with E-state index in [9.17, 15) is 4.79 Å². The van der Waals surface area contributed by atoms with E-state index in [0.717, 1.165) is 12.8 Å². The first-order chi connectivity index (χ1) is 9.58. The second-order valence-corrected chi connectivity index (χ2v) is 5.70. The van der Waals surface area contributed by atoms with Crippen LogP contribution in [0.4, 0.5) is 0 Å². The standard InChI is InChI=1S/C17H28N2O/c1-3-4-5-6-10-13-17(2,16(18)20)19-14-15-11-8-7-9-12-15/h7-9,11-12,19H,3-6,10,13-14H2,1-2H3,(H2,18,20). The molecule has 0 radical (unpaired) electrons. The molecule has 0 aromatic heterocycles. The Bertz CT molecular complexity index is 391. The Balaban J connectivity index is 2.43. The highest BCUT2D eigenvalue weighted by molar-refractivity contribution is 5.84. The van der Waals surface area contributed by atoms with Crippen molar-refractivity contribution in [3.05, 3.63) is 35.9 Å². The van der Waals surface area contributed by atoms with Crippen molar-refractivity contribution < 1.29 is 4.79 Å². The maximum absolute atomic E-state index is 11.7. The molecule has 1 amide bonds. The normalized spacial score (nSPS) is 13.9. The fourth-order valence-corrected chi connectivity index (χ4v) is 2.27. The van der Waals surface area contributed by atoms with Gasteiger partial charge in [0.2, 0.25) is 5.91 Å². The van der Waals surface area contributed by atoms with Gasteiger partial charge >= 0.3 is 0 Å². The summed E-state index contributed by atoms with van der Waals surface area (Å²) in [5.41, 5.74) is 6.14. The van der Waals surface area contributed by atoms with Gasteiger partial charge in [-0.25, -0.2) is 0 Å². The molecule has 0 saturated carbocycles. The van der Waals surface area contributed by atoms with Crippen molar-refractivity contribution >= 4 is 5.91 Å². The predicted molar refractivity (Wildman–Crippen MR) is 84.3 cm³/mol. The number of carbonyl (C=O) groups excluding carboxylic acids is 1. The zero-order chi connectivity index (χ0) is 14.8. The van der Waals surface area contributed by atoms with E-state index in [2.05, 4.69) is 24.4 Å². The van der Waals surface area contributed by atoms with E-state index in [1.807, 2.05) is 25.1 Å². The van der Waals surface area contributed by atoms with E-state index in [-0.39, 0.29) is 5.91 Å². The van der Waals surface area contributed by atoms with Crippen LogP contribution < -0.4 is 11.1 Å². The number of carbonyl (C=O) groups is 1. The van der Waals surface area contributed by atoms with Gasteiger partial charge in [-0.3, -0.25) is 10.1 Å². The molecule has 112 valence electrons. The maximum atomic E-state index is 11.7. The summed E-state index contributed by atoms with van der Waals surface area (Å²) in [6.07, 6.45) is 6.76. The van der Waals surface area contributed by atoms with Crippen molar-refractivity contribution in [2.75, 3.05) is 0 Å². The number of benzene rings is 1. The van der Waals surface area contributed by atoms with Gasteiger partial charge in [-0.1, -0.05) is 69.4 Å². The minimum absolute atomic E-state index is 0.260. The van der Waals surface area contributed by atoms with Gasteiger partial charge in [0.25, 0.3) is 0 Å². The number of hydrogen-bond acceptors (Lipinski definition) is 2. The van der Waals surface area contributed by atoms with E-state index in [1.54, 1.807) is 0 Å². The Labute approximate surface area is 122 Å². The van der Waals surface area contributed by atoms with Crippen molar-refractivity contribution in [3.63, 3.8) is 0 Å². The molecule has 0 fully saturated rings. The van der Waals surface area contributed by atoms with Crippen LogP contribution in [0.25, 0.3) is 0 Å². The number of nitrogens with two attached hydrogens (primary N) is 1. The molecule has 1 aromatic rings. The summed E-state index contributed by atoms with van der Waals surface area (Å²) < 4.78 is 0. The summed E-state index contributed by atoms with van der Waals surface area (Å²) in [6, 6.07) is 10.1. The Morgan fingerprint density at radius 3 is 2.40 bits per heavy atom. The molecule has 1 rings (SSSR count). The SMILES string of the molecule is CCCCCCCC(C)(NCc1ccccc1)C(N)=O. The molecule has 0 bridgehead atoms. The topological polar surface area (TPSA) is 55.1 Å². The Kier molecular flexibility index (Phi) is 7.31. The van der Waals surface area contributed by atoms with Gasteiger partial charge in [0, 0.05) is 6.54 Å². The molecule has 20 heavy (non-hydrogen) atoms. The molecule has 0 aliphatic rings. The van der Waals surface area contributed by atoms with Gasteiger partial charge in [-0.05, 0) is 18.9 Å². The van der Waals surface area contributed by atoms with Crippen LogP contribution in [0.2, 0.25) is 0 Å². The third-order valence-electron chi connectivity index (χ3n) is 3.85. The molecule has 0 aliphatic heterocycles. The molecule has 3 N–H and O–H groups in total. The van der Waals surface area contributed by atoms with Gasteiger partial charge in [0.1, 0.15) is 0 Å². The highest BCUT2D eigenvalue weighted by Crippen LogP contribution is 2.16.